The van der Waals surface area contributed by atoms with E-state index in [0.717, 1.165) is 31.4 Å². The lowest BCUT2D eigenvalue weighted by atomic mass is 10.1. The lowest BCUT2D eigenvalue weighted by molar-refractivity contribution is -0.117. The van der Waals surface area contributed by atoms with E-state index in [2.05, 4.69) is 12.2 Å². The van der Waals surface area contributed by atoms with Gasteiger partial charge in [0, 0.05) is 5.69 Å². The third-order valence-electron chi connectivity index (χ3n) is 2.70. The van der Waals surface area contributed by atoms with Gasteiger partial charge in [-0.05, 0) is 30.5 Å². The number of benzene rings is 1. The molecular weight excluding hydrogens is 212 g/mol. The predicted molar refractivity (Wildman–Crippen MR) is 72.0 cm³/mol. The largest absolute Gasteiger partial charge is 0.325 e. The molecule has 3 nitrogen and oxygen atoms in total. The van der Waals surface area contributed by atoms with E-state index in [1.807, 2.05) is 31.2 Å². The maximum absolute atomic E-state index is 11.7. The van der Waals surface area contributed by atoms with Gasteiger partial charge in [-0.15, -0.1) is 0 Å². The van der Waals surface area contributed by atoms with E-state index >= 15 is 0 Å². The summed E-state index contributed by atoms with van der Waals surface area (Å²) in [5.74, 6) is -0.102. The van der Waals surface area contributed by atoms with Crippen LogP contribution in [0.15, 0.2) is 24.3 Å². The van der Waals surface area contributed by atoms with Gasteiger partial charge in [-0.25, -0.2) is 0 Å². The molecule has 1 rings (SSSR count). The van der Waals surface area contributed by atoms with E-state index in [-0.39, 0.29) is 5.91 Å². The van der Waals surface area contributed by atoms with E-state index in [4.69, 9.17) is 5.73 Å². The van der Waals surface area contributed by atoms with Crippen molar-refractivity contribution in [2.45, 2.75) is 45.6 Å². The topological polar surface area (TPSA) is 55.1 Å². The number of rotatable bonds is 6. The van der Waals surface area contributed by atoms with Gasteiger partial charge >= 0.3 is 0 Å². The van der Waals surface area contributed by atoms with Gasteiger partial charge in [-0.1, -0.05) is 38.8 Å². The number of anilines is 1. The third-order valence-corrected chi connectivity index (χ3v) is 2.70. The van der Waals surface area contributed by atoms with Crippen molar-refractivity contribution in [2.24, 2.45) is 5.73 Å². The van der Waals surface area contributed by atoms with Gasteiger partial charge in [0.2, 0.25) is 5.91 Å². The fourth-order valence-electron chi connectivity index (χ4n) is 1.72. The first-order chi connectivity index (χ1) is 8.17. The Bertz CT molecular complexity index is 346. The second kappa shape index (κ2) is 7.07. The fraction of sp³-hybridized carbons (Fsp3) is 0.500. The second-order valence-electron chi connectivity index (χ2n) is 4.33. The summed E-state index contributed by atoms with van der Waals surface area (Å²) in [7, 11) is 0. The quantitative estimate of drug-likeness (QED) is 0.795. The van der Waals surface area contributed by atoms with E-state index in [9.17, 15) is 4.79 Å². The van der Waals surface area contributed by atoms with Crippen LogP contribution in [0.2, 0.25) is 0 Å². The summed E-state index contributed by atoms with van der Waals surface area (Å²) >= 11 is 0. The summed E-state index contributed by atoms with van der Waals surface area (Å²) in [5.41, 5.74) is 7.86. The third kappa shape index (κ3) is 4.57. The van der Waals surface area contributed by atoms with Crippen molar-refractivity contribution in [3.63, 3.8) is 0 Å². The molecule has 0 radical (unpaired) electrons. The Morgan fingerprint density at radius 2 is 1.88 bits per heavy atom. The lowest BCUT2D eigenvalue weighted by Crippen LogP contribution is -2.35. The maximum Gasteiger partial charge on any atom is 0.241 e. The highest BCUT2D eigenvalue weighted by Crippen LogP contribution is 2.11. The molecule has 3 heteroatoms. The maximum atomic E-state index is 11.7. The summed E-state index contributed by atoms with van der Waals surface area (Å²) in [6.07, 6.45) is 3.85. The number of nitrogens with one attached hydrogen (secondary N) is 1. The first kappa shape index (κ1) is 13.7. The highest BCUT2D eigenvalue weighted by Gasteiger charge is 2.11. The van der Waals surface area contributed by atoms with Crippen molar-refractivity contribution in [1.82, 2.24) is 0 Å². The minimum atomic E-state index is -0.407. The van der Waals surface area contributed by atoms with Crippen molar-refractivity contribution in [3.05, 3.63) is 29.8 Å². The van der Waals surface area contributed by atoms with Crippen LogP contribution in [0.25, 0.3) is 0 Å². The Balaban J connectivity index is 2.53. The van der Waals surface area contributed by atoms with Gasteiger partial charge in [0.1, 0.15) is 0 Å². The van der Waals surface area contributed by atoms with E-state index in [0.29, 0.717) is 0 Å². The van der Waals surface area contributed by atoms with Gasteiger partial charge in [0.05, 0.1) is 6.04 Å². The minimum absolute atomic E-state index is 0.102. The number of nitrogens with two attached hydrogens (primary N) is 1. The smallest absolute Gasteiger partial charge is 0.241 e. The molecule has 94 valence electrons. The van der Waals surface area contributed by atoms with E-state index < -0.39 is 6.04 Å². The molecule has 3 N–H and O–H groups in total. The Morgan fingerprint density at radius 3 is 2.41 bits per heavy atom. The number of hydrogen-bond acceptors (Lipinski definition) is 2. The average Bonchev–Trinajstić information content (AvgIpc) is 2.32. The molecule has 0 aliphatic heterocycles. The van der Waals surface area contributed by atoms with Gasteiger partial charge in [0.25, 0.3) is 0 Å². The van der Waals surface area contributed by atoms with Gasteiger partial charge in [-0.2, -0.15) is 0 Å². The Morgan fingerprint density at radius 1 is 1.24 bits per heavy atom. The van der Waals surface area contributed by atoms with Crippen molar-refractivity contribution in [1.29, 1.82) is 0 Å². The molecule has 0 fully saturated rings. The average molecular weight is 234 g/mol. The molecule has 0 aromatic heterocycles. The highest BCUT2D eigenvalue weighted by atomic mass is 16.2. The molecule has 1 unspecified atom stereocenters. The molecule has 0 spiro atoms. The minimum Gasteiger partial charge on any atom is -0.325 e. The van der Waals surface area contributed by atoms with Crippen LogP contribution in [0.3, 0.4) is 0 Å². The number of amides is 1. The number of aryl methyl sites for hydroxylation is 1. The summed E-state index contributed by atoms with van der Waals surface area (Å²) in [5, 5.41) is 2.83. The predicted octanol–water partition coefficient (Wildman–Crippen LogP) is 2.71. The van der Waals surface area contributed by atoms with Crippen LogP contribution in [0.5, 0.6) is 0 Å². The van der Waals surface area contributed by atoms with Crippen molar-refractivity contribution >= 4 is 11.6 Å². The molecule has 1 atom stereocenters. The molecular formula is C14H22N2O. The molecule has 17 heavy (non-hydrogen) atoms. The van der Waals surface area contributed by atoms with Gasteiger partial charge in [-0.3, -0.25) is 4.79 Å². The van der Waals surface area contributed by atoms with Crippen LogP contribution in [-0.4, -0.2) is 11.9 Å². The zero-order valence-corrected chi connectivity index (χ0v) is 10.7. The number of carbonyl (C=O) groups excluding carboxylic acids is 1. The van der Waals surface area contributed by atoms with Crippen molar-refractivity contribution in [2.75, 3.05) is 5.32 Å². The fourth-order valence-corrected chi connectivity index (χ4v) is 1.72. The molecule has 0 heterocycles. The van der Waals surface area contributed by atoms with Crippen LogP contribution < -0.4 is 11.1 Å². The van der Waals surface area contributed by atoms with E-state index in [1.54, 1.807) is 0 Å². The van der Waals surface area contributed by atoms with Crippen LogP contribution in [0.4, 0.5) is 5.69 Å². The van der Waals surface area contributed by atoms with Crippen molar-refractivity contribution in [3.8, 4) is 0 Å². The Hall–Kier alpha value is -1.35. The molecule has 0 saturated heterocycles. The normalized spacial score (nSPS) is 12.2. The second-order valence-corrected chi connectivity index (χ2v) is 4.33. The summed E-state index contributed by atoms with van der Waals surface area (Å²) in [4.78, 5) is 11.7. The van der Waals surface area contributed by atoms with Crippen LogP contribution in [0, 0.1) is 0 Å². The summed E-state index contributed by atoms with van der Waals surface area (Å²) in [6, 6.07) is 7.55. The molecule has 1 aromatic carbocycles. The molecule has 0 aliphatic carbocycles. The van der Waals surface area contributed by atoms with Crippen LogP contribution in [0.1, 0.15) is 38.7 Å². The summed E-state index contributed by atoms with van der Waals surface area (Å²) < 4.78 is 0. The molecule has 0 bridgehead atoms. The Labute approximate surface area is 103 Å². The number of hydrogen-bond donors (Lipinski definition) is 2. The molecule has 1 aromatic rings. The zero-order valence-electron chi connectivity index (χ0n) is 10.7. The molecule has 0 saturated carbocycles. The van der Waals surface area contributed by atoms with Crippen LogP contribution in [-0.2, 0) is 11.2 Å². The monoisotopic (exact) mass is 234 g/mol. The first-order valence-electron chi connectivity index (χ1n) is 6.32. The number of carbonyl (C=O) groups is 1. The SMILES string of the molecule is CCCc1ccc(NC(=O)C(N)CCC)cc1. The van der Waals surface area contributed by atoms with Crippen LogP contribution >= 0.6 is 0 Å². The lowest BCUT2D eigenvalue weighted by Gasteiger charge is -2.11. The molecule has 1 amide bonds. The van der Waals surface area contributed by atoms with Crippen molar-refractivity contribution < 1.29 is 4.79 Å². The van der Waals surface area contributed by atoms with Gasteiger partial charge < -0.3 is 11.1 Å². The standard InChI is InChI=1S/C14H22N2O/c1-3-5-11-7-9-12(10-8-11)16-14(17)13(15)6-4-2/h7-10,13H,3-6,15H2,1-2H3,(H,16,17). The Kier molecular flexibility index (Phi) is 5.70. The summed E-state index contributed by atoms with van der Waals surface area (Å²) in [6.45, 7) is 4.17. The zero-order chi connectivity index (χ0) is 12.7. The van der Waals surface area contributed by atoms with Gasteiger partial charge in [0.15, 0.2) is 0 Å². The highest BCUT2D eigenvalue weighted by molar-refractivity contribution is 5.94. The first-order valence-corrected chi connectivity index (χ1v) is 6.32. The molecule has 0 aliphatic rings. The van der Waals surface area contributed by atoms with E-state index in [1.165, 1.54) is 5.56 Å².